The van der Waals surface area contributed by atoms with Gasteiger partial charge >= 0.3 is 0 Å². The number of hydrogen-bond donors (Lipinski definition) is 2. The van der Waals surface area contributed by atoms with Crippen molar-refractivity contribution in [3.05, 3.63) is 36.0 Å². The molecule has 0 saturated carbocycles. The van der Waals surface area contributed by atoms with E-state index in [1.54, 1.807) is 0 Å². The summed E-state index contributed by atoms with van der Waals surface area (Å²) in [5.74, 6) is 0. The van der Waals surface area contributed by atoms with Crippen LogP contribution in [0.1, 0.15) is 11.4 Å². The van der Waals surface area contributed by atoms with Gasteiger partial charge in [-0.1, -0.05) is 0 Å². The minimum atomic E-state index is 0.725. The predicted molar refractivity (Wildman–Crippen MR) is 61.8 cm³/mol. The minimum Gasteiger partial charge on any atom is -0.458 e. The first-order valence-corrected chi connectivity index (χ1v) is 5.12. The molecule has 0 aliphatic rings. The van der Waals surface area contributed by atoms with Gasteiger partial charge < -0.3 is 18.8 Å². The molecule has 3 aromatic rings. The van der Waals surface area contributed by atoms with Gasteiger partial charge in [-0.25, -0.2) is 0 Å². The molecule has 0 amide bonds. The number of aromatic amines is 2. The summed E-state index contributed by atoms with van der Waals surface area (Å²) in [6.45, 7) is 4.06. The van der Waals surface area contributed by atoms with Crippen LogP contribution in [0.15, 0.2) is 33.5 Å². The van der Waals surface area contributed by atoms with E-state index < -0.39 is 0 Å². The van der Waals surface area contributed by atoms with E-state index in [-0.39, 0.29) is 0 Å². The second-order valence-corrected chi connectivity index (χ2v) is 3.85. The predicted octanol–water partition coefficient (Wildman–Crippen LogP) is 3.58. The fraction of sp³-hybridized carbons (Fsp3) is 0.167. The Balaban J connectivity index is 2.46. The van der Waals surface area contributed by atoms with E-state index >= 15 is 0 Å². The van der Waals surface area contributed by atoms with Crippen molar-refractivity contribution in [2.45, 2.75) is 13.8 Å². The zero-order valence-electron chi connectivity index (χ0n) is 9.13. The highest BCUT2D eigenvalue weighted by atomic mass is 16.4. The van der Waals surface area contributed by atoms with Crippen LogP contribution < -0.4 is 0 Å². The highest BCUT2D eigenvalue weighted by molar-refractivity contribution is 5.88. The number of rotatable bonds is 0. The molecule has 0 saturated heterocycles. The summed E-state index contributed by atoms with van der Waals surface area (Å²) in [7, 11) is 0. The maximum Gasteiger partial charge on any atom is 0.171 e. The maximum atomic E-state index is 5.36. The molecule has 0 fully saturated rings. The Morgan fingerprint density at radius 3 is 1.69 bits per heavy atom. The zero-order valence-corrected chi connectivity index (χ0v) is 9.13. The average molecular weight is 216 g/mol. The van der Waals surface area contributed by atoms with E-state index in [0.717, 1.165) is 33.6 Å². The fourth-order valence-corrected chi connectivity index (χ4v) is 1.74. The molecule has 0 bridgehead atoms. The van der Waals surface area contributed by atoms with Crippen molar-refractivity contribution >= 4 is 22.2 Å². The van der Waals surface area contributed by atoms with Crippen LogP contribution >= 0.6 is 0 Å². The molecular weight excluding hydrogens is 204 g/mol. The third-order valence-electron chi connectivity index (χ3n) is 2.74. The molecule has 0 unspecified atom stereocenters. The summed E-state index contributed by atoms with van der Waals surface area (Å²) in [6, 6.07) is 3.86. The first-order valence-electron chi connectivity index (χ1n) is 5.12. The van der Waals surface area contributed by atoms with Gasteiger partial charge in [0.1, 0.15) is 12.5 Å². The van der Waals surface area contributed by atoms with Crippen LogP contribution in [0.3, 0.4) is 0 Å². The summed E-state index contributed by atoms with van der Waals surface area (Å²) in [6.07, 6.45) is 3.05. The summed E-state index contributed by atoms with van der Waals surface area (Å²) < 4.78 is 10.7. The number of aryl methyl sites for hydroxylation is 2. The maximum absolute atomic E-state index is 5.36. The normalized spacial score (nSPS) is 11.1. The summed E-state index contributed by atoms with van der Waals surface area (Å²) >= 11 is 0. The molecule has 3 rings (SSSR count). The third kappa shape index (κ3) is 1.31. The Morgan fingerprint density at radius 1 is 0.812 bits per heavy atom. The topological polar surface area (TPSA) is 57.9 Å². The van der Waals surface area contributed by atoms with E-state index in [0.29, 0.717) is 0 Å². The van der Waals surface area contributed by atoms with E-state index in [1.165, 1.54) is 12.5 Å². The van der Waals surface area contributed by atoms with E-state index in [9.17, 15) is 0 Å². The SMILES string of the molecule is Cc1[nH]c2cc3occoc3cc2[nH]c1C. The molecule has 1 aromatic carbocycles. The third-order valence-corrected chi connectivity index (χ3v) is 2.74. The zero-order chi connectivity index (χ0) is 11.1. The van der Waals surface area contributed by atoms with E-state index in [2.05, 4.69) is 9.97 Å². The molecular formula is C12H12N2O2. The number of hydrogen-bond acceptors (Lipinski definition) is 2. The number of aromatic nitrogens is 2. The molecule has 4 heteroatoms. The van der Waals surface area contributed by atoms with Crippen LogP contribution in [0.2, 0.25) is 0 Å². The monoisotopic (exact) mass is 216 g/mol. The Kier molecular flexibility index (Phi) is 1.83. The molecule has 2 heterocycles. The molecule has 4 nitrogen and oxygen atoms in total. The van der Waals surface area contributed by atoms with Crippen molar-refractivity contribution in [1.82, 2.24) is 9.97 Å². The van der Waals surface area contributed by atoms with Crippen LogP contribution in [-0.2, 0) is 0 Å². The highest BCUT2D eigenvalue weighted by Crippen LogP contribution is 2.20. The molecule has 2 N–H and O–H groups in total. The van der Waals surface area contributed by atoms with Crippen LogP contribution in [0.5, 0.6) is 0 Å². The van der Waals surface area contributed by atoms with Gasteiger partial charge in [0.05, 0.1) is 11.0 Å². The molecule has 82 valence electrons. The Bertz CT molecular complexity index is 635. The van der Waals surface area contributed by atoms with Gasteiger partial charge in [-0.2, -0.15) is 0 Å². The standard InChI is InChI=1S/C12H12N2O2/c1-7-8(2)14-10-6-12-11(5-9(10)13-7)15-3-4-16-12/h3-6,13-14H,1-2H3. The summed E-state index contributed by atoms with van der Waals surface area (Å²) in [5, 5.41) is 0. The van der Waals surface area contributed by atoms with Crippen molar-refractivity contribution in [2.24, 2.45) is 0 Å². The van der Waals surface area contributed by atoms with Crippen LogP contribution in [0, 0.1) is 13.8 Å². The van der Waals surface area contributed by atoms with Gasteiger partial charge in [-0.3, -0.25) is 0 Å². The van der Waals surface area contributed by atoms with Gasteiger partial charge in [0.25, 0.3) is 0 Å². The lowest BCUT2D eigenvalue weighted by molar-refractivity contribution is 0.510. The first-order chi connectivity index (χ1) is 7.74. The smallest absolute Gasteiger partial charge is 0.171 e. The van der Waals surface area contributed by atoms with Gasteiger partial charge in [-0.15, -0.1) is 0 Å². The van der Waals surface area contributed by atoms with E-state index in [1.807, 2.05) is 26.0 Å². The van der Waals surface area contributed by atoms with Crippen molar-refractivity contribution in [3.8, 4) is 0 Å². The quantitative estimate of drug-likeness (QED) is 0.564. The number of nitrogens with one attached hydrogen (secondary N) is 2. The molecule has 0 atom stereocenters. The molecule has 0 radical (unpaired) electrons. The van der Waals surface area contributed by atoms with Gasteiger partial charge in [-0.05, 0) is 13.8 Å². The fourth-order valence-electron chi connectivity index (χ4n) is 1.74. The number of benzene rings is 1. The van der Waals surface area contributed by atoms with Gasteiger partial charge in [0.2, 0.25) is 0 Å². The van der Waals surface area contributed by atoms with Crippen molar-refractivity contribution in [1.29, 1.82) is 0 Å². The van der Waals surface area contributed by atoms with Gasteiger partial charge in [0, 0.05) is 23.5 Å². The van der Waals surface area contributed by atoms with Crippen LogP contribution in [0.25, 0.3) is 22.2 Å². The van der Waals surface area contributed by atoms with Crippen molar-refractivity contribution in [3.63, 3.8) is 0 Å². The summed E-state index contributed by atoms with van der Waals surface area (Å²) in [4.78, 5) is 6.63. The second kappa shape index (κ2) is 3.20. The average Bonchev–Trinajstić information content (AvgIpc) is 2.28. The lowest BCUT2D eigenvalue weighted by Crippen LogP contribution is -1.93. The molecule has 16 heavy (non-hydrogen) atoms. The highest BCUT2D eigenvalue weighted by Gasteiger charge is 2.03. The van der Waals surface area contributed by atoms with Gasteiger partial charge in [0.15, 0.2) is 11.2 Å². The van der Waals surface area contributed by atoms with Crippen molar-refractivity contribution in [2.75, 3.05) is 0 Å². The first kappa shape index (κ1) is 9.15. The summed E-state index contributed by atoms with van der Waals surface area (Å²) in [5.41, 5.74) is 5.67. The molecule has 0 aliphatic heterocycles. The Hall–Kier alpha value is -2.10. The van der Waals surface area contributed by atoms with Crippen molar-refractivity contribution < 1.29 is 8.83 Å². The Labute approximate surface area is 91.6 Å². The van der Waals surface area contributed by atoms with Crippen LogP contribution in [0.4, 0.5) is 0 Å². The largest absolute Gasteiger partial charge is 0.458 e. The van der Waals surface area contributed by atoms with Crippen LogP contribution in [-0.4, -0.2) is 9.97 Å². The Morgan fingerprint density at radius 2 is 1.25 bits per heavy atom. The van der Waals surface area contributed by atoms with E-state index in [4.69, 9.17) is 8.83 Å². The molecule has 2 aromatic heterocycles. The number of H-pyrrole nitrogens is 2. The number of fused-ring (bicyclic) bond motifs is 2. The molecule has 0 spiro atoms. The second-order valence-electron chi connectivity index (χ2n) is 3.85. The minimum absolute atomic E-state index is 0.725. The lowest BCUT2D eigenvalue weighted by Gasteiger charge is -2.06. The molecule has 0 aliphatic carbocycles. The lowest BCUT2D eigenvalue weighted by atomic mass is 10.2.